The number of methoxy groups -OCH3 is 1. The Morgan fingerprint density at radius 1 is 1.33 bits per heavy atom. The second-order valence-corrected chi connectivity index (χ2v) is 6.41. The van der Waals surface area contributed by atoms with Gasteiger partial charge in [-0.2, -0.15) is 5.26 Å². The number of benzene rings is 1. The summed E-state index contributed by atoms with van der Waals surface area (Å²) < 4.78 is 28.1. The van der Waals surface area contributed by atoms with E-state index in [4.69, 9.17) is 10.00 Å². The van der Waals surface area contributed by atoms with Gasteiger partial charge in [-0.05, 0) is 12.1 Å². The van der Waals surface area contributed by atoms with Gasteiger partial charge < -0.3 is 9.64 Å². The molecule has 0 atom stereocenters. The predicted octanol–water partition coefficient (Wildman–Crippen LogP) is 0.802. The third-order valence-corrected chi connectivity index (χ3v) is 4.61. The molecule has 1 heterocycles. The molecule has 1 fully saturated rings. The molecule has 18 heavy (non-hydrogen) atoms. The minimum Gasteiger partial charge on any atom is -0.495 e. The molecular formula is C12H14N2O3S. The van der Waals surface area contributed by atoms with E-state index in [9.17, 15) is 8.42 Å². The van der Waals surface area contributed by atoms with Crippen molar-refractivity contribution in [1.82, 2.24) is 0 Å². The molecule has 0 unspecified atom stereocenters. The molecule has 6 heteroatoms. The minimum absolute atomic E-state index is 0.121. The molecule has 1 saturated heterocycles. The number of ether oxygens (including phenoxy) is 1. The molecule has 1 aromatic carbocycles. The average molecular weight is 266 g/mol. The van der Waals surface area contributed by atoms with Crippen LogP contribution in [0, 0.1) is 11.3 Å². The van der Waals surface area contributed by atoms with Crippen molar-refractivity contribution in [1.29, 1.82) is 5.26 Å². The number of anilines is 1. The number of hydrogen-bond donors (Lipinski definition) is 0. The van der Waals surface area contributed by atoms with Crippen LogP contribution in [-0.4, -0.2) is 40.1 Å². The van der Waals surface area contributed by atoms with Crippen LogP contribution in [0.4, 0.5) is 5.69 Å². The van der Waals surface area contributed by atoms with Gasteiger partial charge >= 0.3 is 0 Å². The molecule has 5 nitrogen and oxygen atoms in total. The summed E-state index contributed by atoms with van der Waals surface area (Å²) in [4.78, 5) is 1.90. The largest absolute Gasteiger partial charge is 0.495 e. The van der Waals surface area contributed by atoms with Gasteiger partial charge in [0.2, 0.25) is 0 Å². The van der Waals surface area contributed by atoms with Gasteiger partial charge in [-0.15, -0.1) is 0 Å². The fourth-order valence-corrected chi connectivity index (χ4v) is 3.24. The lowest BCUT2D eigenvalue weighted by Gasteiger charge is -2.30. The zero-order valence-electron chi connectivity index (χ0n) is 10.1. The van der Waals surface area contributed by atoms with E-state index in [0.29, 0.717) is 30.1 Å². The molecule has 96 valence electrons. The first-order valence-electron chi connectivity index (χ1n) is 5.60. The number of rotatable bonds is 2. The maximum absolute atomic E-state index is 11.4. The van der Waals surface area contributed by atoms with Crippen LogP contribution >= 0.6 is 0 Å². The molecule has 0 aliphatic carbocycles. The van der Waals surface area contributed by atoms with E-state index < -0.39 is 9.84 Å². The van der Waals surface area contributed by atoms with Gasteiger partial charge in [0.15, 0.2) is 9.84 Å². The van der Waals surface area contributed by atoms with E-state index in [-0.39, 0.29) is 11.5 Å². The molecule has 0 spiro atoms. The molecule has 1 aromatic rings. The number of para-hydroxylation sites is 1. The van der Waals surface area contributed by atoms with Crippen LogP contribution in [0.5, 0.6) is 5.75 Å². The maximum Gasteiger partial charge on any atom is 0.153 e. The lowest BCUT2D eigenvalue weighted by molar-refractivity contribution is 0.414. The summed E-state index contributed by atoms with van der Waals surface area (Å²) in [6.45, 7) is 0.800. The lowest BCUT2D eigenvalue weighted by Crippen LogP contribution is -2.40. The smallest absolute Gasteiger partial charge is 0.153 e. The zero-order valence-corrected chi connectivity index (χ0v) is 10.9. The molecule has 0 radical (unpaired) electrons. The second-order valence-electron chi connectivity index (χ2n) is 4.11. The van der Waals surface area contributed by atoms with Crippen molar-refractivity contribution < 1.29 is 13.2 Å². The Labute approximate surface area is 107 Å². The summed E-state index contributed by atoms with van der Waals surface area (Å²) in [5.74, 6) is 0.847. The van der Waals surface area contributed by atoms with Crippen LogP contribution in [0.15, 0.2) is 18.2 Å². The summed E-state index contributed by atoms with van der Waals surface area (Å²) in [5, 5.41) is 9.12. The fourth-order valence-electron chi connectivity index (χ4n) is 2.04. The molecule has 1 aliphatic rings. The quantitative estimate of drug-likeness (QED) is 0.792. The summed E-state index contributed by atoms with van der Waals surface area (Å²) in [6.07, 6.45) is 0. The van der Waals surface area contributed by atoms with Crippen molar-refractivity contribution in [3.8, 4) is 11.8 Å². The van der Waals surface area contributed by atoms with Crippen molar-refractivity contribution >= 4 is 15.5 Å². The van der Waals surface area contributed by atoms with E-state index in [1.807, 2.05) is 4.90 Å². The van der Waals surface area contributed by atoms with Crippen LogP contribution in [0.25, 0.3) is 0 Å². The normalized spacial score (nSPS) is 18.1. The van der Waals surface area contributed by atoms with Gasteiger partial charge in [-0.3, -0.25) is 0 Å². The van der Waals surface area contributed by atoms with Crippen molar-refractivity contribution in [2.45, 2.75) is 0 Å². The zero-order chi connectivity index (χ0) is 13.2. The Balaban J connectivity index is 2.37. The fraction of sp³-hybridized carbons (Fsp3) is 0.417. The Morgan fingerprint density at radius 2 is 2.00 bits per heavy atom. The first-order chi connectivity index (χ1) is 8.57. The van der Waals surface area contributed by atoms with Crippen LogP contribution < -0.4 is 9.64 Å². The van der Waals surface area contributed by atoms with Crippen LogP contribution in [0.1, 0.15) is 5.56 Å². The van der Waals surface area contributed by atoms with Gasteiger partial charge in [0.05, 0.1) is 29.9 Å². The van der Waals surface area contributed by atoms with Gasteiger partial charge in [0, 0.05) is 13.1 Å². The highest BCUT2D eigenvalue weighted by molar-refractivity contribution is 7.91. The average Bonchev–Trinajstić information content (AvgIpc) is 2.38. The third kappa shape index (κ3) is 2.41. The second kappa shape index (κ2) is 4.86. The molecule has 2 rings (SSSR count). The van der Waals surface area contributed by atoms with Gasteiger partial charge in [-0.25, -0.2) is 8.42 Å². The highest BCUT2D eigenvalue weighted by Gasteiger charge is 2.25. The van der Waals surface area contributed by atoms with Crippen LogP contribution in [-0.2, 0) is 9.84 Å². The summed E-state index contributed by atoms with van der Waals surface area (Å²) in [6, 6.07) is 7.36. The van der Waals surface area contributed by atoms with E-state index >= 15 is 0 Å². The highest BCUT2D eigenvalue weighted by atomic mass is 32.2. The van der Waals surface area contributed by atoms with Crippen LogP contribution in [0.3, 0.4) is 0 Å². The first kappa shape index (κ1) is 12.7. The molecule has 0 saturated carbocycles. The van der Waals surface area contributed by atoms with E-state index in [1.165, 1.54) is 0 Å². The number of hydrogen-bond acceptors (Lipinski definition) is 5. The standard InChI is InChI=1S/C12H14N2O3S/c1-17-11-4-2-3-10(9-13)12(11)14-5-7-18(15,16)8-6-14/h2-4H,5-8H2,1H3. The Morgan fingerprint density at radius 3 is 2.56 bits per heavy atom. The molecule has 0 bridgehead atoms. The summed E-state index contributed by atoms with van der Waals surface area (Å²) >= 11 is 0. The topological polar surface area (TPSA) is 70.4 Å². The summed E-state index contributed by atoms with van der Waals surface area (Å²) in [7, 11) is -1.39. The predicted molar refractivity (Wildman–Crippen MR) is 68.6 cm³/mol. The first-order valence-corrected chi connectivity index (χ1v) is 7.42. The van der Waals surface area contributed by atoms with Gasteiger partial charge in [0.1, 0.15) is 11.8 Å². The van der Waals surface area contributed by atoms with E-state index in [2.05, 4.69) is 6.07 Å². The van der Waals surface area contributed by atoms with Crippen molar-refractivity contribution in [2.75, 3.05) is 36.6 Å². The maximum atomic E-state index is 11.4. The van der Waals surface area contributed by atoms with Gasteiger partial charge in [-0.1, -0.05) is 6.07 Å². The lowest BCUT2D eigenvalue weighted by atomic mass is 10.1. The monoisotopic (exact) mass is 266 g/mol. The third-order valence-electron chi connectivity index (χ3n) is 3.00. The van der Waals surface area contributed by atoms with Crippen molar-refractivity contribution in [3.63, 3.8) is 0 Å². The Bertz CT molecular complexity index is 576. The van der Waals surface area contributed by atoms with Gasteiger partial charge in [0.25, 0.3) is 0 Å². The number of nitriles is 1. The van der Waals surface area contributed by atoms with Crippen molar-refractivity contribution in [3.05, 3.63) is 23.8 Å². The van der Waals surface area contributed by atoms with E-state index in [0.717, 1.165) is 0 Å². The minimum atomic E-state index is -2.93. The SMILES string of the molecule is COc1cccc(C#N)c1N1CCS(=O)(=O)CC1. The van der Waals surface area contributed by atoms with E-state index in [1.54, 1.807) is 25.3 Å². The molecule has 0 N–H and O–H groups in total. The Hall–Kier alpha value is -1.74. The van der Waals surface area contributed by atoms with Crippen LogP contribution in [0.2, 0.25) is 0 Å². The highest BCUT2D eigenvalue weighted by Crippen LogP contribution is 2.32. The number of sulfone groups is 1. The molecular weight excluding hydrogens is 252 g/mol. The Kier molecular flexibility index (Phi) is 3.43. The molecule has 1 aliphatic heterocycles. The summed E-state index contributed by atoms with van der Waals surface area (Å²) in [5.41, 5.74) is 1.20. The molecule has 0 amide bonds. The number of nitrogens with zero attached hydrogens (tertiary/aromatic N) is 2. The molecule has 0 aromatic heterocycles. The van der Waals surface area contributed by atoms with Crippen molar-refractivity contribution in [2.24, 2.45) is 0 Å².